The van der Waals surface area contributed by atoms with Crippen LogP contribution in [0.15, 0.2) is 0 Å². The maximum absolute atomic E-state index is 12.5. The van der Waals surface area contributed by atoms with Crippen LogP contribution in [-0.4, -0.2) is 37.1 Å². The van der Waals surface area contributed by atoms with Crippen LogP contribution in [0.4, 0.5) is 4.79 Å². The third kappa shape index (κ3) is 9.88. The molecule has 0 unspecified atom stereocenters. The summed E-state index contributed by atoms with van der Waals surface area (Å²) in [4.78, 5) is 11.8. The molecule has 0 aromatic rings. The number of nitrogens with one attached hydrogen (secondary N) is 1. The van der Waals surface area contributed by atoms with Gasteiger partial charge in [0.2, 0.25) is 0 Å². The van der Waals surface area contributed by atoms with E-state index in [1.807, 2.05) is 6.92 Å². The van der Waals surface area contributed by atoms with E-state index in [4.69, 9.17) is 13.8 Å². The third-order valence-corrected chi connectivity index (χ3v) is 4.64. The van der Waals surface area contributed by atoms with E-state index in [0.717, 1.165) is 6.42 Å². The van der Waals surface area contributed by atoms with Crippen molar-refractivity contribution < 1.29 is 23.1 Å². The fourth-order valence-corrected chi connectivity index (χ4v) is 3.72. The van der Waals surface area contributed by atoms with E-state index in [-0.39, 0.29) is 12.2 Å². The number of carbonyl (C=O) groups excluding carboxylic acids is 1. The maximum atomic E-state index is 12.5. The largest absolute Gasteiger partial charge is 0.444 e. The lowest BCUT2D eigenvalue weighted by Gasteiger charge is -2.26. The van der Waals surface area contributed by atoms with E-state index in [1.165, 1.54) is 0 Å². The van der Waals surface area contributed by atoms with Crippen LogP contribution >= 0.6 is 7.60 Å². The first kappa shape index (κ1) is 20.4. The number of amides is 1. The predicted molar refractivity (Wildman–Crippen MR) is 83.8 cm³/mol. The predicted octanol–water partition coefficient (Wildman–Crippen LogP) is 3.95. The highest BCUT2D eigenvalue weighted by Crippen LogP contribution is 2.48. The summed E-state index contributed by atoms with van der Waals surface area (Å²) in [6.45, 7) is 11.5. The molecule has 0 fully saturated rings. The Labute approximate surface area is 128 Å². The summed E-state index contributed by atoms with van der Waals surface area (Å²) >= 11 is 0. The lowest BCUT2D eigenvalue weighted by atomic mass is 10.2. The topological polar surface area (TPSA) is 73.9 Å². The molecular weight excluding hydrogens is 293 g/mol. The number of carbonyl (C=O) groups is 1. The van der Waals surface area contributed by atoms with Gasteiger partial charge in [-0.05, 0) is 41.0 Å². The van der Waals surface area contributed by atoms with Crippen molar-refractivity contribution in [2.75, 3.05) is 19.4 Å². The van der Waals surface area contributed by atoms with Crippen LogP contribution in [0.25, 0.3) is 0 Å². The van der Waals surface area contributed by atoms with Crippen LogP contribution in [0, 0.1) is 0 Å². The second-order valence-corrected chi connectivity index (χ2v) is 7.86. The van der Waals surface area contributed by atoms with Crippen molar-refractivity contribution in [2.24, 2.45) is 0 Å². The molecule has 1 amide bonds. The van der Waals surface area contributed by atoms with Gasteiger partial charge >= 0.3 is 13.7 Å². The highest BCUT2D eigenvalue weighted by molar-refractivity contribution is 7.53. The van der Waals surface area contributed by atoms with E-state index < -0.39 is 19.3 Å². The molecule has 0 saturated carbocycles. The van der Waals surface area contributed by atoms with Crippen molar-refractivity contribution in [1.29, 1.82) is 0 Å². The molecule has 0 radical (unpaired) electrons. The van der Waals surface area contributed by atoms with Gasteiger partial charge < -0.3 is 19.1 Å². The normalized spacial score (nSPS) is 13.8. The minimum Gasteiger partial charge on any atom is -0.444 e. The van der Waals surface area contributed by atoms with Crippen LogP contribution in [0.2, 0.25) is 0 Å². The number of hydrogen-bond donors (Lipinski definition) is 1. The smallest absolute Gasteiger partial charge is 0.407 e. The fraction of sp³-hybridized carbons (Fsp3) is 0.929. The highest BCUT2D eigenvalue weighted by atomic mass is 31.2. The van der Waals surface area contributed by atoms with E-state index in [1.54, 1.807) is 34.6 Å². The zero-order chi connectivity index (χ0) is 16.5. The first-order valence-electron chi connectivity index (χ1n) is 7.53. The van der Waals surface area contributed by atoms with Crippen molar-refractivity contribution in [3.05, 3.63) is 0 Å². The molecule has 0 aromatic heterocycles. The van der Waals surface area contributed by atoms with Gasteiger partial charge in [-0.3, -0.25) is 4.57 Å². The molecule has 0 aliphatic carbocycles. The third-order valence-electron chi connectivity index (χ3n) is 2.45. The summed E-state index contributed by atoms with van der Waals surface area (Å²) in [5, 5.41) is 2.75. The minimum atomic E-state index is -3.18. The van der Waals surface area contributed by atoms with Gasteiger partial charge in [-0.25, -0.2) is 4.79 Å². The molecule has 0 saturated heterocycles. The van der Waals surface area contributed by atoms with Crippen LogP contribution < -0.4 is 5.32 Å². The van der Waals surface area contributed by atoms with Gasteiger partial charge in [0.15, 0.2) is 0 Å². The Bertz CT molecular complexity index is 344. The second-order valence-electron chi connectivity index (χ2n) is 5.76. The molecule has 6 nitrogen and oxygen atoms in total. The van der Waals surface area contributed by atoms with Gasteiger partial charge in [-0.15, -0.1) is 0 Å². The van der Waals surface area contributed by atoms with E-state index in [0.29, 0.717) is 19.6 Å². The first-order valence-corrected chi connectivity index (χ1v) is 9.26. The van der Waals surface area contributed by atoms with Crippen LogP contribution in [0.5, 0.6) is 0 Å². The molecule has 0 heterocycles. The van der Waals surface area contributed by atoms with Crippen molar-refractivity contribution >= 4 is 13.7 Å². The van der Waals surface area contributed by atoms with Gasteiger partial charge in [-0.1, -0.05) is 13.3 Å². The summed E-state index contributed by atoms with van der Waals surface area (Å²) in [5.74, 6) is 0. The summed E-state index contributed by atoms with van der Waals surface area (Å²) in [6, 6.07) is -0.297. The zero-order valence-electron chi connectivity index (χ0n) is 14.1. The molecule has 0 spiro atoms. The molecule has 1 atom stereocenters. The highest BCUT2D eigenvalue weighted by Gasteiger charge is 2.30. The Hall–Kier alpha value is -0.580. The summed E-state index contributed by atoms with van der Waals surface area (Å²) in [6.07, 6.45) is 1.17. The van der Waals surface area contributed by atoms with Crippen molar-refractivity contribution in [1.82, 2.24) is 5.32 Å². The van der Waals surface area contributed by atoms with Crippen LogP contribution in [0.3, 0.4) is 0 Å². The Morgan fingerprint density at radius 3 is 2.05 bits per heavy atom. The molecule has 21 heavy (non-hydrogen) atoms. The first-order chi connectivity index (χ1) is 9.65. The van der Waals surface area contributed by atoms with Crippen molar-refractivity contribution in [3.63, 3.8) is 0 Å². The second kappa shape index (κ2) is 9.44. The van der Waals surface area contributed by atoms with E-state index in [9.17, 15) is 9.36 Å². The Balaban J connectivity index is 4.73. The van der Waals surface area contributed by atoms with Gasteiger partial charge in [-0.2, -0.15) is 0 Å². The summed E-state index contributed by atoms with van der Waals surface area (Å²) < 4.78 is 28.3. The molecule has 126 valence electrons. The minimum absolute atomic E-state index is 0.155. The summed E-state index contributed by atoms with van der Waals surface area (Å²) in [7, 11) is -3.18. The molecule has 1 N–H and O–H groups in total. The molecular formula is C14H30NO5P. The number of hydrogen-bond acceptors (Lipinski definition) is 5. The van der Waals surface area contributed by atoms with Crippen LogP contribution in [0.1, 0.15) is 54.4 Å². The average Bonchev–Trinajstić information content (AvgIpc) is 2.26. The maximum Gasteiger partial charge on any atom is 0.407 e. The number of ether oxygens (including phenoxy) is 1. The van der Waals surface area contributed by atoms with Gasteiger partial charge in [0, 0.05) is 6.04 Å². The quantitative estimate of drug-likeness (QED) is 0.650. The average molecular weight is 323 g/mol. The number of alkyl carbamates (subject to hydrolysis) is 1. The molecule has 0 aliphatic rings. The Morgan fingerprint density at radius 1 is 1.14 bits per heavy atom. The molecule has 7 heteroatoms. The van der Waals surface area contributed by atoms with Crippen LogP contribution in [-0.2, 0) is 18.3 Å². The molecule has 0 bridgehead atoms. The van der Waals surface area contributed by atoms with Gasteiger partial charge in [0.1, 0.15) is 5.60 Å². The Morgan fingerprint density at radius 2 is 1.67 bits per heavy atom. The Kier molecular flexibility index (Phi) is 9.18. The van der Waals surface area contributed by atoms with E-state index >= 15 is 0 Å². The van der Waals surface area contributed by atoms with Crippen molar-refractivity contribution in [2.45, 2.75) is 66.0 Å². The SMILES string of the molecule is CCC[C@@H](CP(=O)(OCC)OCC)NC(=O)OC(C)(C)C. The summed E-state index contributed by atoms with van der Waals surface area (Å²) in [5.41, 5.74) is -0.565. The molecule has 0 rings (SSSR count). The lowest BCUT2D eigenvalue weighted by molar-refractivity contribution is 0.0505. The van der Waals surface area contributed by atoms with Gasteiger partial charge in [0.05, 0.1) is 19.4 Å². The fourth-order valence-electron chi connectivity index (χ4n) is 1.84. The zero-order valence-corrected chi connectivity index (χ0v) is 15.0. The number of rotatable bonds is 9. The van der Waals surface area contributed by atoms with Gasteiger partial charge in [0.25, 0.3) is 0 Å². The molecule has 0 aromatic carbocycles. The monoisotopic (exact) mass is 323 g/mol. The molecule has 0 aliphatic heterocycles. The van der Waals surface area contributed by atoms with E-state index in [2.05, 4.69) is 5.32 Å². The van der Waals surface area contributed by atoms with Crippen molar-refractivity contribution in [3.8, 4) is 0 Å². The lowest BCUT2D eigenvalue weighted by Crippen LogP contribution is -2.41. The standard InChI is InChI=1S/C14H30NO5P/c1-7-10-12(15-13(16)20-14(4,5)6)11-21(17,18-8-2)19-9-3/h12H,7-11H2,1-6H3,(H,15,16)/t12-/m0/s1.